The van der Waals surface area contributed by atoms with E-state index in [9.17, 15) is 4.79 Å². The van der Waals surface area contributed by atoms with Crippen LogP contribution in [0.1, 0.15) is 58.6 Å². The van der Waals surface area contributed by atoms with Crippen LogP contribution in [0.5, 0.6) is 0 Å². The van der Waals surface area contributed by atoms with E-state index in [2.05, 4.69) is 40.9 Å². The summed E-state index contributed by atoms with van der Waals surface area (Å²) in [6.45, 7) is 13.2. The molecule has 1 N–H and O–H groups in total. The normalized spacial score (nSPS) is 22.9. The number of rotatable bonds is 6. The molecule has 0 unspecified atom stereocenters. The van der Waals surface area contributed by atoms with Gasteiger partial charge in [-0.05, 0) is 75.8 Å². The van der Waals surface area contributed by atoms with Gasteiger partial charge in [-0.15, -0.1) is 0 Å². The maximum atomic E-state index is 12.7. The fraction of sp³-hybridized carbons (Fsp3) is 0.739. The van der Waals surface area contributed by atoms with Gasteiger partial charge in [0.15, 0.2) is 0 Å². The van der Waals surface area contributed by atoms with E-state index in [1.165, 1.54) is 38.9 Å². The number of hydrogen-bond donors (Lipinski definition) is 1. The lowest BCUT2D eigenvalue weighted by molar-refractivity contribution is -0.127. The van der Waals surface area contributed by atoms with E-state index in [0.717, 1.165) is 31.6 Å². The zero-order chi connectivity index (χ0) is 20.0. The summed E-state index contributed by atoms with van der Waals surface area (Å²) in [5.41, 5.74) is 1.34. The van der Waals surface area contributed by atoms with Crippen molar-refractivity contribution in [3.8, 4) is 0 Å². The van der Waals surface area contributed by atoms with Crippen molar-refractivity contribution in [2.45, 2.75) is 65.5 Å². The van der Waals surface area contributed by atoms with E-state index >= 15 is 0 Å². The maximum Gasteiger partial charge on any atom is 0.224 e. The van der Waals surface area contributed by atoms with Crippen molar-refractivity contribution >= 4 is 5.91 Å². The average Bonchev–Trinajstić information content (AvgIpc) is 2.71. The summed E-state index contributed by atoms with van der Waals surface area (Å²) in [6.07, 6.45) is 7.66. The van der Waals surface area contributed by atoms with Crippen molar-refractivity contribution in [1.29, 1.82) is 0 Å². The molecule has 156 valence electrons. The van der Waals surface area contributed by atoms with E-state index < -0.39 is 0 Å². The van der Waals surface area contributed by atoms with Gasteiger partial charge in [0.05, 0.1) is 18.2 Å². The SMILES string of the molecule is CC(C)(C)CCN1CCC(N2CCC[C@H](C(=O)NCc3ccccn3)C2)CC1. The van der Waals surface area contributed by atoms with Gasteiger partial charge in [-0.3, -0.25) is 14.7 Å². The zero-order valence-electron chi connectivity index (χ0n) is 18.0. The molecule has 0 radical (unpaired) electrons. The quantitative estimate of drug-likeness (QED) is 0.815. The maximum absolute atomic E-state index is 12.7. The van der Waals surface area contributed by atoms with Crippen LogP contribution in [0.15, 0.2) is 24.4 Å². The lowest BCUT2D eigenvalue weighted by atomic mass is 9.91. The van der Waals surface area contributed by atoms with Crippen molar-refractivity contribution < 1.29 is 4.79 Å². The number of carbonyl (C=O) groups excluding carboxylic acids is 1. The van der Waals surface area contributed by atoms with Crippen LogP contribution in [0.2, 0.25) is 0 Å². The predicted octanol–water partition coefficient (Wildman–Crippen LogP) is 3.31. The number of nitrogens with one attached hydrogen (secondary N) is 1. The number of hydrogen-bond acceptors (Lipinski definition) is 4. The molecule has 0 spiro atoms. The fourth-order valence-electron chi connectivity index (χ4n) is 4.38. The highest BCUT2D eigenvalue weighted by Gasteiger charge is 2.31. The minimum atomic E-state index is 0.122. The van der Waals surface area contributed by atoms with Crippen LogP contribution in [-0.4, -0.2) is 59.5 Å². The van der Waals surface area contributed by atoms with Gasteiger partial charge in [0.2, 0.25) is 5.91 Å². The van der Waals surface area contributed by atoms with Gasteiger partial charge < -0.3 is 10.2 Å². The summed E-state index contributed by atoms with van der Waals surface area (Å²) in [5, 5.41) is 3.09. The van der Waals surface area contributed by atoms with Crippen LogP contribution in [-0.2, 0) is 11.3 Å². The van der Waals surface area contributed by atoms with Crippen molar-refractivity contribution in [2.24, 2.45) is 11.3 Å². The average molecular weight is 387 g/mol. The molecule has 3 rings (SSSR count). The molecule has 1 amide bonds. The molecule has 5 heteroatoms. The predicted molar refractivity (Wildman–Crippen MR) is 114 cm³/mol. The number of piperidine rings is 2. The summed E-state index contributed by atoms with van der Waals surface area (Å²) in [5.74, 6) is 0.314. The standard InChI is InChI=1S/C23H38N4O/c1-23(2,3)11-16-26-14-9-21(10-15-26)27-13-6-7-19(18-27)22(28)25-17-20-8-4-5-12-24-20/h4-5,8,12,19,21H,6-7,9-11,13-18H2,1-3H3,(H,25,28)/t19-/m0/s1. The first kappa shape index (κ1) is 21.3. The van der Waals surface area contributed by atoms with E-state index in [1.54, 1.807) is 6.20 Å². The first-order valence-electron chi connectivity index (χ1n) is 11.0. The second kappa shape index (κ2) is 9.84. The molecule has 3 heterocycles. The Morgan fingerprint density at radius 2 is 1.96 bits per heavy atom. The molecule has 2 aliphatic rings. The third-order valence-corrected chi connectivity index (χ3v) is 6.25. The highest BCUT2D eigenvalue weighted by Crippen LogP contribution is 2.25. The van der Waals surface area contributed by atoms with E-state index in [0.29, 0.717) is 18.0 Å². The van der Waals surface area contributed by atoms with Crippen LogP contribution in [0.4, 0.5) is 0 Å². The van der Waals surface area contributed by atoms with E-state index in [1.807, 2.05) is 18.2 Å². The van der Waals surface area contributed by atoms with Crippen molar-refractivity contribution in [1.82, 2.24) is 20.1 Å². The van der Waals surface area contributed by atoms with Crippen LogP contribution in [0, 0.1) is 11.3 Å². The van der Waals surface area contributed by atoms with Gasteiger partial charge in [0.1, 0.15) is 0 Å². The first-order valence-corrected chi connectivity index (χ1v) is 11.0. The number of amides is 1. The molecule has 2 aliphatic heterocycles. The number of likely N-dealkylation sites (tertiary alicyclic amines) is 2. The van der Waals surface area contributed by atoms with E-state index in [4.69, 9.17) is 0 Å². The molecule has 5 nitrogen and oxygen atoms in total. The fourth-order valence-corrected chi connectivity index (χ4v) is 4.38. The summed E-state index contributed by atoms with van der Waals surface area (Å²) < 4.78 is 0. The van der Waals surface area contributed by atoms with Gasteiger partial charge in [0, 0.05) is 18.8 Å². The Kier molecular flexibility index (Phi) is 7.47. The Morgan fingerprint density at radius 3 is 2.64 bits per heavy atom. The molecule has 1 aromatic heterocycles. The summed E-state index contributed by atoms with van der Waals surface area (Å²) in [4.78, 5) is 22.2. The van der Waals surface area contributed by atoms with Crippen LogP contribution >= 0.6 is 0 Å². The first-order chi connectivity index (χ1) is 13.4. The van der Waals surface area contributed by atoms with Gasteiger partial charge in [-0.25, -0.2) is 0 Å². The molecule has 1 atom stereocenters. The van der Waals surface area contributed by atoms with Gasteiger partial charge >= 0.3 is 0 Å². The number of aromatic nitrogens is 1. The largest absolute Gasteiger partial charge is 0.350 e. The topological polar surface area (TPSA) is 48.5 Å². The molecule has 0 bridgehead atoms. The number of carbonyl (C=O) groups is 1. The lowest BCUT2D eigenvalue weighted by Crippen LogP contribution is -2.51. The Hall–Kier alpha value is -1.46. The van der Waals surface area contributed by atoms with Gasteiger partial charge in [-0.2, -0.15) is 0 Å². The molecule has 2 fully saturated rings. The highest BCUT2D eigenvalue weighted by atomic mass is 16.1. The molecule has 2 saturated heterocycles. The summed E-state index contributed by atoms with van der Waals surface area (Å²) >= 11 is 0. The van der Waals surface area contributed by atoms with Gasteiger partial charge in [0.25, 0.3) is 0 Å². The third kappa shape index (κ3) is 6.56. The highest BCUT2D eigenvalue weighted by molar-refractivity contribution is 5.78. The second-order valence-electron chi connectivity index (χ2n) is 9.76. The molecule has 1 aromatic rings. The Balaban J connectivity index is 1.41. The van der Waals surface area contributed by atoms with Crippen molar-refractivity contribution in [3.63, 3.8) is 0 Å². The van der Waals surface area contributed by atoms with Crippen LogP contribution < -0.4 is 5.32 Å². The molecule has 0 aliphatic carbocycles. The van der Waals surface area contributed by atoms with Crippen LogP contribution in [0.3, 0.4) is 0 Å². The Labute approximate surface area is 170 Å². The smallest absolute Gasteiger partial charge is 0.224 e. The molecule has 28 heavy (non-hydrogen) atoms. The number of nitrogens with zero attached hydrogens (tertiary/aromatic N) is 3. The zero-order valence-corrected chi connectivity index (χ0v) is 18.0. The molecular formula is C23H38N4O. The van der Waals surface area contributed by atoms with Crippen molar-refractivity contribution in [3.05, 3.63) is 30.1 Å². The molecular weight excluding hydrogens is 348 g/mol. The second-order valence-corrected chi connectivity index (χ2v) is 9.76. The molecule has 0 saturated carbocycles. The molecule has 0 aromatic carbocycles. The number of pyridine rings is 1. The summed E-state index contributed by atoms with van der Waals surface area (Å²) in [7, 11) is 0. The Morgan fingerprint density at radius 1 is 1.18 bits per heavy atom. The van der Waals surface area contributed by atoms with Gasteiger partial charge in [-0.1, -0.05) is 26.8 Å². The van der Waals surface area contributed by atoms with Crippen LogP contribution in [0.25, 0.3) is 0 Å². The van der Waals surface area contributed by atoms with Crippen molar-refractivity contribution in [2.75, 3.05) is 32.7 Å². The lowest BCUT2D eigenvalue weighted by Gasteiger charge is -2.42. The Bertz CT molecular complexity index is 605. The summed E-state index contributed by atoms with van der Waals surface area (Å²) in [6, 6.07) is 6.47. The minimum absolute atomic E-state index is 0.122. The monoisotopic (exact) mass is 386 g/mol. The minimum Gasteiger partial charge on any atom is -0.350 e. The van der Waals surface area contributed by atoms with E-state index in [-0.39, 0.29) is 11.8 Å². The third-order valence-electron chi connectivity index (χ3n) is 6.25.